The highest BCUT2D eigenvalue weighted by Crippen LogP contribution is 2.27. The molecule has 10 nitrogen and oxygen atoms in total. The SMILES string of the molecule is CCn1cc(S(=O)(=O)N2CCC(n3ncc(NC[C@H]4CCCOC4)c(Cl)c3=O)CC2)cn1. The first kappa shape index (κ1) is 23.2. The fraction of sp³-hybridized carbons (Fsp3) is 0.650. The summed E-state index contributed by atoms with van der Waals surface area (Å²) < 4.78 is 35.7. The van der Waals surface area contributed by atoms with Crippen LogP contribution in [0.2, 0.25) is 5.02 Å². The summed E-state index contributed by atoms with van der Waals surface area (Å²) in [5.41, 5.74) is 0.161. The van der Waals surface area contributed by atoms with Gasteiger partial charge >= 0.3 is 0 Å². The minimum atomic E-state index is -3.60. The maximum atomic E-state index is 12.9. The van der Waals surface area contributed by atoms with Crippen molar-refractivity contribution in [3.8, 4) is 0 Å². The zero-order chi connectivity index (χ0) is 22.7. The summed E-state index contributed by atoms with van der Waals surface area (Å²) >= 11 is 6.35. The van der Waals surface area contributed by atoms with E-state index >= 15 is 0 Å². The average molecular weight is 485 g/mol. The minimum absolute atomic E-state index is 0.110. The molecular formula is C20H29ClN6O4S. The number of halogens is 1. The lowest BCUT2D eigenvalue weighted by Crippen LogP contribution is -2.41. The zero-order valence-electron chi connectivity index (χ0n) is 18.1. The standard InChI is InChI=1S/C20H29ClN6O4S/c1-2-25-13-17(11-23-25)32(29,30)26-7-5-16(6-8-26)27-20(28)19(21)18(12-24-27)22-10-15-4-3-9-31-14-15/h11-13,15-16,22H,2-10,14H2,1H3/t15-/m1/s1. The molecule has 1 N–H and O–H groups in total. The average Bonchev–Trinajstić information content (AvgIpc) is 3.31. The predicted octanol–water partition coefficient (Wildman–Crippen LogP) is 1.98. The quantitative estimate of drug-likeness (QED) is 0.639. The van der Waals surface area contributed by atoms with Gasteiger partial charge in [-0.2, -0.15) is 14.5 Å². The van der Waals surface area contributed by atoms with Crippen molar-refractivity contribution in [1.82, 2.24) is 23.9 Å². The first-order valence-electron chi connectivity index (χ1n) is 11.0. The van der Waals surface area contributed by atoms with Crippen LogP contribution < -0.4 is 10.9 Å². The van der Waals surface area contributed by atoms with Gasteiger partial charge in [-0.25, -0.2) is 13.1 Å². The molecule has 12 heteroatoms. The molecule has 0 spiro atoms. The van der Waals surface area contributed by atoms with E-state index in [1.807, 2.05) is 6.92 Å². The molecule has 2 aromatic heterocycles. The topological polar surface area (TPSA) is 111 Å². The summed E-state index contributed by atoms with van der Waals surface area (Å²) in [7, 11) is -3.60. The lowest BCUT2D eigenvalue weighted by atomic mass is 10.0. The van der Waals surface area contributed by atoms with Crippen LogP contribution in [0.25, 0.3) is 0 Å². The normalized spacial score (nSPS) is 21.0. The first-order chi connectivity index (χ1) is 15.4. The number of nitrogens with zero attached hydrogens (tertiary/aromatic N) is 5. The molecule has 0 unspecified atom stereocenters. The predicted molar refractivity (Wildman–Crippen MR) is 120 cm³/mol. The van der Waals surface area contributed by atoms with E-state index in [9.17, 15) is 13.2 Å². The Kier molecular flexibility index (Phi) is 7.18. The highest BCUT2D eigenvalue weighted by Gasteiger charge is 2.32. The van der Waals surface area contributed by atoms with Crippen molar-refractivity contribution in [2.75, 3.05) is 38.2 Å². The Morgan fingerprint density at radius 1 is 1.22 bits per heavy atom. The molecule has 0 amide bonds. The summed E-state index contributed by atoms with van der Waals surface area (Å²) in [6, 6.07) is -0.203. The monoisotopic (exact) mass is 484 g/mol. The molecule has 2 fully saturated rings. The maximum Gasteiger partial charge on any atom is 0.287 e. The highest BCUT2D eigenvalue weighted by molar-refractivity contribution is 7.89. The molecule has 0 aromatic carbocycles. The van der Waals surface area contributed by atoms with Gasteiger partial charge in [0.05, 0.1) is 30.7 Å². The Bertz CT molecular complexity index is 1090. The molecular weight excluding hydrogens is 456 g/mol. The van der Waals surface area contributed by atoms with Crippen LogP contribution in [0.1, 0.15) is 38.6 Å². The second kappa shape index (κ2) is 9.90. The van der Waals surface area contributed by atoms with Gasteiger partial charge in [0.15, 0.2) is 0 Å². The van der Waals surface area contributed by atoms with Gasteiger partial charge in [-0.1, -0.05) is 11.6 Å². The van der Waals surface area contributed by atoms with Gasteiger partial charge in [0, 0.05) is 39.0 Å². The summed E-state index contributed by atoms with van der Waals surface area (Å²) in [5, 5.41) is 11.7. The summed E-state index contributed by atoms with van der Waals surface area (Å²) in [6.45, 7) is 5.29. The van der Waals surface area contributed by atoms with E-state index in [0.29, 0.717) is 57.2 Å². The molecule has 0 bridgehead atoms. The number of sulfonamides is 1. The second-order valence-electron chi connectivity index (χ2n) is 8.25. The fourth-order valence-electron chi connectivity index (χ4n) is 4.18. The van der Waals surface area contributed by atoms with Crippen LogP contribution in [0.15, 0.2) is 28.3 Å². The van der Waals surface area contributed by atoms with E-state index < -0.39 is 10.0 Å². The number of nitrogens with one attached hydrogen (secondary N) is 1. The van der Waals surface area contributed by atoms with Crippen molar-refractivity contribution in [2.24, 2.45) is 5.92 Å². The van der Waals surface area contributed by atoms with E-state index in [0.717, 1.165) is 19.4 Å². The first-order valence-corrected chi connectivity index (χ1v) is 12.8. The van der Waals surface area contributed by atoms with Gasteiger partial charge in [0.1, 0.15) is 9.92 Å². The van der Waals surface area contributed by atoms with Crippen LogP contribution in [0.3, 0.4) is 0 Å². The minimum Gasteiger partial charge on any atom is -0.382 e. The molecule has 176 valence electrons. The molecule has 2 aliphatic heterocycles. The van der Waals surface area contributed by atoms with Crippen LogP contribution in [-0.4, -0.2) is 65.1 Å². The van der Waals surface area contributed by atoms with Crippen molar-refractivity contribution in [3.05, 3.63) is 34.0 Å². The Balaban J connectivity index is 1.39. The summed E-state index contributed by atoms with van der Waals surface area (Å²) in [4.78, 5) is 13.0. The van der Waals surface area contributed by atoms with Crippen LogP contribution in [-0.2, 0) is 21.3 Å². The number of hydrogen-bond acceptors (Lipinski definition) is 7. The highest BCUT2D eigenvalue weighted by atomic mass is 35.5. The van der Waals surface area contributed by atoms with Crippen molar-refractivity contribution < 1.29 is 13.2 Å². The van der Waals surface area contributed by atoms with Gasteiger partial charge < -0.3 is 10.1 Å². The maximum absolute atomic E-state index is 12.9. The van der Waals surface area contributed by atoms with Crippen LogP contribution in [0.4, 0.5) is 5.69 Å². The molecule has 4 rings (SSSR count). The lowest BCUT2D eigenvalue weighted by molar-refractivity contribution is 0.0595. The number of ether oxygens (including phenoxy) is 1. The summed E-state index contributed by atoms with van der Waals surface area (Å²) in [5.74, 6) is 0.387. The molecule has 2 saturated heterocycles. The van der Waals surface area contributed by atoms with E-state index in [1.54, 1.807) is 17.1 Å². The number of hydrogen-bond donors (Lipinski definition) is 1. The number of piperidine rings is 1. The van der Waals surface area contributed by atoms with Crippen LogP contribution >= 0.6 is 11.6 Å². The molecule has 0 aliphatic carbocycles. The zero-order valence-corrected chi connectivity index (χ0v) is 19.7. The van der Waals surface area contributed by atoms with Crippen molar-refractivity contribution >= 4 is 27.3 Å². The Morgan fingerprint density at radius 3 is 2.66 bits per heavy atom. The number of aryl methyl sites for hydroxylation is 1. The van der Waals surface area contributed by atoms with Crippen molar-refractivity contribution in [1.29, 1.82) is 0 Å². The molecule has 2 aliphatic rings. The van der Waals surface area contributed by atoms with Gasteiger partial charge in [-0.05, 0) is 38.5 Å². The lowest BCUT2D eigenvalue weighted by Gasteiger charge is -2.31. The Labute approximate surface area is 192 Å². The van der Waals surface area contributed by atoms with Crippen LogP contribution in [0.5, 0.6) is 0 Å². The molecule has 32 heavy (non-hydrogen) atoms. The van der Waals surface area contributed by atoms with E-state index in [4.69, 9.17) is 16.3 Å². The van der Waals surface area contributed by atoms with Gasteiger partial charge in [-0.15, -0.1) is 0 Å². The van der Waals surface area contributed by atoms with Gasteiger partial charge in [0.2, 0.25) is 10.0 Å². The molecule has 0 saturated carbocycles. The third-order valence-corrected chi connectivity index (χ3v) is 8.34. The van der Waals surface area contributed by atoms with Gasteiger partial charge in [0.25, 0.3) is 5.56 Å². The van der Waals surface area contributed by atoms with E-state index in [2.05, 4.69) is 15.5 Å². The molecule has 0 radical (unpaired) electrons. The third-order valence-electron chi connectivity index (χ3n) is 6.12. The smallest absolute Gasteiger partial charge is 0.287 e. The number of rotatable bonds is 7. The third kappa shape index (κ3) is 4.85. The molecule has 2 aromatic rings. The number of aromatic nitrogens is 4. The molecule has 4 heterocycles. The Hall–Kier alpha value is -1.95. The number of anilines is 1. The van der Waals surface area contributed by atoms with Gasteiger partial charge in [-0.3, -0.25) is 9.48 Å². The second-order valence-corrected chi connectivity index (χ2v) is 10.6. The van der Waals surface area contributed by atoms with E-state index in [1.165, 1.54) is 15.2 Å². The van der Waals surface area contributed by atoms with Crippen molar-refractivity contribution in [2.45, 2.75) is 50.1 Å². The van der Waals surface area contributed by atoms with Crippen LogP contribution in [0, 0.1) is 5.92 Å². The molecule has 1 atom stereocenters. The fourth-order valence-corrected chi connectivity index (χ4v) is 5.80. The Morgan fingerprint density at radius 2 is 2.00 bits per heavy atom. The van der Waals surface area contributed by atoms with Crippen molar-refractivity contribution in [3.63, 3.8) is 0 Å². The van der Waals surface area contributed by atoms with E-state index in [-0.39, 0.29) is 21.5 Å². The largest absolute Gasteiger partial charge is 0.382 e. The summed E-state index contributed by atoms with van der Waals surface area (Å²) in [6.07, 6.45) is 7.58.